The minimum absolute atomic E-state index is 0.0393. The van der Waals surface area contributed by atoms with Crippen LogP contribution in [0.4, 0.5) is 18.9 Å². The van der Waals surface area contributed by atoms with Crippen LogP contribution in [0, 0.1) is 0 Å². The molecule has 0 saturated heterocycles. The van der Waals surface area contributed by atoms with E-state index in [0.717, 1.165) is 18.2 Å². The molecule has 0 heterocycles. The number of benzene rings is 2. The predicted octanol–water partition coefficient (Wildman–Crippen LogP) is 6.55. The Hall–Kier alpha value is -1.05. The Kier molecular flexibility index (Phi) is 7.03. The smallest absolute Gasteiger partial charge is 0.361 e. The topological polar surface area (TPSA) is 41.1 Å². The lowest BCUT2D eigenvalue weighted by Gasteiger charge is -2.28. The average molecular weight is 481 g/mol. The third kappa shape index (κ3) is 6.22. The zero-order chi connectivity index (χ0) is 20.4. The molecule has 1 amide bonds. The van der Waals surface area contributed by atoms with Gasteiger partial charge in [-0.15, -0.1) is 0 Å². The maximum atomic E-state index is 12.7. The summed E-state index contributed by atoms with van der Waals surface area (Å²) in [5, 5.41) is 5.24. The highest BCUT2D eigenvalue weighted by molar-refractivity contribution is 6.68. The van der Waals surface area contributed by atoms with Crippen molar-refractivity contribution >= 4 is 69.6 Å². The summed E-state index contributed by atoms with van der Waals surface area (Å²) in [4.78, 5) is 12.3. The Morgan fingerprint density at radius 2 is 1.56 bits per heavy atom. The minimum Gasteiger partial charge on any atom is -0.361 e. The maximum absolute atomic E-state index is 12.7. The lowest BCUT2D eigenvalue weighted by Crippen LogP contribution is -2.49. The van der Waals surface area contributed by atoms with Crippen LogP contribution in [-0.4, -0.2) is 15.9 Å². The number of anilines is 1. The van der Waals surface area contributed by atoms with E-state index in [-0.39, 0.29) is 16.3 Å². The van der Waals surface area contributed by atoms with Gasteiger partial charge in [0.15, 0.2) is 0 Å². The molecular formula is C16H10Cl5F3N2O. The largest absolute Gasteiger partial charge is 0.416 e. The molecule has 146 valence electrons. The highest BCUT2D eigenvalue weighted by Crippen LogP contribution is 2.36. The summed E-state index contributed by atoms with van der Waals surface area (Å²) in [5.41, 5.74) is -0.662. The molecule has 0 aliphatic heterocycles. The van der Waals surface area contributed by atoms with Gasteiger partial charge in [-0.3, -0.25) is 4.79 Å². The Bertz CT molecular complexity index is 822. The van der Waals surface area contributed by atoms with Gasteiger partial charge in [-0.2, -0.15) is 13.2 Å². The third-order valence-corrected chi connectivity index (χ3v) is 4.52. The molecule has 2 rings (SSSR count). The first kappa shape index (κ1) is 22.2. The molecule has 2 N–H and O–H groups in total. The summed E-state index contributed by atoms with van der Waals surface area (Å²) in [6.45, 7) is 0. The van der Waals surface area contributed by atoms with Gasteiger partial charge in [0.2, 0.25) is 3.79 Å². The fourth-order valence-corrected chi connectivity index (χ4v) is 2.67. The molecular weight excluding hydrogens is 470 g/mol. The van der Waals surface area contributed by atoms with E-state index in [1.807, 2.05) is 0 Å². The summed E-state index contributed by atoms with van der Waals surface area (Å²) in [6.07, 6.45) is -5.85. The number of alkyl halides is 6. The van der Waals surface area contributed by atoms with E-state index in [1.54, 1.807) is 0 Å². The molecule has 27 heavy (non-hydrogen) atoms. The van der Waals surface area contributed by atoms with Crippen LogP contribution in [0.25, 0.3) is 0 Å². The fraction of sp³-hybridized carbons (Fsp3) is 0.188. The number of hydrogen-bond acceptors (Lipinski definition) is 2. The van der Waals surface area contributed by atoms with Crippen molar-refractivity contribution in [2.45, 2.75) is 16.1 Å². The second-order valence-corrected chi connectivity index (χ2v) is 8.50. The molecule has 2 aromatic rings. The van der Waals surface area contributed by atoms with Gasteiger partial charge >= 0.3 is 6.18 Å². The first-order chi connectivity index (χ1) is 12.4. The van der Waals surface area contributed by atoms with Crippen molar-refractivity contribution in [2.75, 3.05) is 5.32 Å². The van der Waals surface area contributed by atoms with E-state index in [1.165, 1.54) is 24.3 Å². The number of carbonyl (C=O) groups is 1. The molecule has 0 spiro atoms. The Labute approximate surface area is 177 Å². The average Bonchev–Trinajstić information content (AvgIpc) is 2.54. The lowest BCUT2D eigenvalue weighted by atomic mass is 10.2. The molecule has 0 radical (unpaired) electrons. The third-order valence-electron chi connectivity index (χ3n) is 3.31. The maximum Gasteiger partial charge on any atom is 0.416 e. The fourth-order valence-electron chi connectivity index (χ4n) is 1.98. The van der Waals surface area contributed by atoms with Gasteiger partial charge in [-0.05, 0) is 42.5 Å². The lowest BCUT2D eigenvalue weighted by molar-refractivity contribution is -0.137. The monoisotopic (exact) mass is 478 g/mol. The van der Waals surface area contributed by atoms with Gasteiger partial charge in [-0.25, -0.2) is 0 Å². The SMILES string of the molecule is O=C(NC(Nc1ccc(C(F)(F)F)cc1Cl)C(Cl)(Cl)Cl)c1ccc(Cl)cc1. The number of hydrogen-bond donors (Lipinski definition) is 2. The predicted molar refractivity (Wildman–Crippen MR) is 103 cm³/mol. The zero-order valence-corrected chi connectivity index (χ0v) is 16.8. The number of carbonyl (C=O) groups excluding carboxylic acids is 1. The number of amides is 1. The van der Waals surface area contributed by atoms with Gasteiger partial charge in [0.1, 0.15) is 6.17 Å². The number of halogens is 8. The van der Waals surface area contributed by atoms with Crippen LogP contribution in [0.5, 0.6) is 0 Å². The van der Waals surface area contributed by atoms with Crippen LogP contribution in [0.2, 0.25) is 10.0 Å². The second kappa shape index (κ2) is 8.53. The molecule has 0 saturated carbocycles. The van der Waals surface area contributed by atoms with Gasteiger partial charge in [-0.1, -0.05) is 58.0 Å². The highest BCUT2D eigenvalue weighted by Gasteiger charge is 2.35. The van der Waals surface area contributed by atoms with Crippen molar-refractivity contribution < 1.29 is 18.0 Å². The molecule has 0 aliphatic rings. The van der Waals surface area contributed by atoms with E-state index >= 15 is 0 Å². The highest BCUT2D eigenvalue weighted by atomic mass is 35.6. The Balaban J connectivity index is 2.23. The van der Waals surface area contributed by atoms with Crippen molar-refractivity contribution in [3.63, 3.8) is 0 Å². The second-order valence-electron chi connectivity index (χ2n) is 5.29. The van der Waals surface area contributed by atoms with Crippen LogP contribution in [0.1, 0.15) is 15.9 Å². The molecule has 0 fully saturated rings. The van der Waals surface area contributed by atoms with Crippen molar-refractivity contribution in [1.82, 2.24) is 5.32 Å². The van der Waals surface area contributed by atoms with Gasteiger partial charge < -0.3 is 10.6 Å². The summed E-state index contributed by atoms with van der Waals surface area (Å²) >= 11 is 29.3. The zero-order valence-electron chi connectivity index (χ0n) is 13.1. The van der Waals surface area contributed by atoms with Gasteiger partial charge in [0.05, 0.1) is 16.3 Å². The molecule has 1 atom stereocenters. The standard InChI is InChI=1S/C16H10Cl5F3N2O/c17-10-4-1-8(2-5-10)13(27)26-14(15(19,20)21)25-12-6-3-9(7-11(12)18)16(22,23)24/h1-7,14,25H,(H,26,27). The van der Waals surface area contributed by atoms with E-state index < -0.39 is 27.6 Å². The quantitative estimate of drug-likeness (QED) is 0.385. The van der Waals surface area contributed by atoms with Gasteiger partial charge in [0.25, 0.3) is 5.91 Å². The van der Waals surface area contributed by atoms with Crippen LogP contribution < -0.4 is 10.6 Å². The summed E-state index contributed by atoms with van der Waals surface area (Å²) in [6, 6.07) is 8.52. The normalized spacial score (nSPS) is 13.2. The van der Waals surface area contributed by atoms with Crippen LogP contribution >= 0.6 is 58.0 Å². The van der Waals surface area contributed by atoms with Crippen LogP contribution in [-0.2, 0) is 6.18 Å². The summed E-state index contributed by atoms with van der Waals surface area (Å²) < 4.78 is 36.2. The molecule has 3 nitrogen and oxygen atoms in total. The minimum atomic E-state index is -4.56. The van der Waals surface area contributed by atoms with E-state index in [9.17, 15) is 18.0 Å². The Morgan fingerprint density at radius 1 is 0.963 bits per heavy atom. The Morgan fingerprint density at radius 3 is 2.04 bits per heavy atom. The van der Waals surface area contributed by atoms with E-state index in [4.69, 9.17) is 58.0 Å². The van der Waals surface area contributed by atoms with Gasteiger partial charge in [0, 0.05) is 10.6 Å². The molecule has 0 aromatic heterocycles. The number of nitrogens with one attached hydrogen (secondary N) is 2. The molecule has 0 bridgehead atoms. The first-order valence-corrected chi connectivity index (χ1v) is 9.03. The van der Waals surface area contributed by atoms with Crippen molar-refractivity contribution in [3.05, 3.63) is 63.6 Å². The van der Waals surface area contributed by atoms with Crippen molar-refractivity contribution in [3.8, 4) is 0 Å². The van der Waals surface area contributed by atoms with E-state index in [2.05, 4.69) is 10.6 Å². The molecule has 11 heteroatoms. The molecule has 2 aromatic carbocycles. The summed E-state index contributed by atoms with van der Waals surface area (Å²) in [7, 11) is 0. The first-order valence-electron chi connectivity index (χ1n) is 7.14. The molecule has 1 unspecified atom stereocenters. The number of rotatable bonds is 4. The van der Waals surface area contributed by atoms with Crippen LogP contribution in [0.15, 0.2) is 42.5 Å². The van der Waals surface area contributed by atoms with Crippen molar-refractivity contribution in [2.24, 2.45) is 0 Å². The summed E-state index contributed by atoms with van der Waals surface area (Å²) in [5.74, 6) is -0.599. The molecule has 0 aliphatic carbocycles. The van der Waals surface area contributed by atoms with Crippen molar-refractivity contribution in [1.29, 1.82) is 0 Å². The van der Waals surface area contributed by atoms with E-state index in [0.29, 0.717) is 5.02 Å². The van der Waals surface area contributed by atoms with Crippen LogP contribution in [0.3, 0.4) is 0 Å².